The van der Waals surface area contributed by atoms with E-state index in [2.05, 4.69) is 0 Å². The maximum Gasteiger partial charge on any atom is 0.350 e. The van der Waals surface area contributed by atoms with Gasteiger partial charge in [-0.15, -0.1) is 11.3 Å². The van der Waals surface area contributed by atoms with Crippen molar-refractivity contribution in [3.05, 3.63) is 16.3 Å². The third-order valence-electron chi connectivity index (χ3n) is 1.22. The summed E-state index contributed by atoms with van der Waals surface area (Å²) in [6.07, 6.45) is -0.0981. The fourth-order valence-corrected chi connectivity index (χ4v) is 1.45. The summed E-state index contributed by atoms with van der Waals surface area (Å²) in [5.74, 6) is -0.336. The quantitative estimate of drug-likeness (QED) is 0.716. The highest BCUT2D eigenvalue weighted by molar-refractivity contribution is 7.12. The molecule has 12 heavy (non-hydrogen) atoms. The predicted octanol–water partition coefficient (Wildman–Crippen LogP) is 1.90. The predicted molar refractivity (Wildman–Crippen MR) is 49.3 cm³/mol. The Bertz CT molecular complexity index is 280. The summed E-state index contributed by atoms with van der Waals surface area (Å²) in [4.78, 5) is 11.7. The second-order valence-corrected chi connectivity index (χ2v) is 3.58. The van der Waals surface area contributed by atoms with Gasteiger partial charge in [0.05, 0.1) is 11.8 Å². The minimum atomic E-state index is -0.336. The molecule has 0 aliphatic carbocycles. The summed E-state index contributed by atoms with van der Waals surface area (Å²) in [6.45, 7) is 3.61. The zero-order valence-corrected chi connectivity index (χ0v) is 7.85. The van der Waals surface area contributed by atoms with Crippen LogP contribution in [0, 0.1) is 0 Å². The molecule has 1 aromatic rings. The van der Waals surface area contributed by atoms with E-state index in [-0.39, 0.29) is 12.1 Å². The molecule has 0 saturated carbocycles. The molecule has 0 fully saturated rings. The monoisotopic (exact) mass is 185 g/mol. The van der Waals surface area contributed by atoms with Gasteiger partial charge in [0.25, 0.3) is 0 Å². The summed E-state index contributed by atoms with van der Waals surface area (Å²) >= 11 is 1.30. The molecule has 0 aliphatic heterocycles. The smallest absolute Gasteiger partial charge is 0.350 e. The van der Waals surface area contributed by atoms with Crippen molar-refractivity contribution in [2.24, 2.45) is 0 Å². The molecule has 4 heteroatoms. The molecule has 1 rings (SSSR count). The molecule has 3 nitrogen and oxygen atoms in total. The molecule has 0 bridgehead atoms. The summed E-state index contributed by atoms with van der Waals surface area (Å²) in [5, 5.41) is 1.77. The number of esters is 1. The van der Waals surface area contributed by atoms with Gasteiger partial charge in [0.1, 0.15) is 4.88 Å². The lowest BCUT2D eigenvalue weighted by Crippen LogP contribution is -2.11. The van der Waals surface area contributed by atoms with Crippen LogP contribution in [0.3, 0.4) is 0 Å². The fourth-order valence-electron chi connectivity index (χ4n) is 0.753. The van der Waals surface area contributed by atoms with Gasteiger partial charge in [-0.05, 0) is 25.3 Å². The Morgan fingerprint density at radius 2 is 2.33 bits per heavy atom. The van der Waals surface area contributed by atoms with E-state index in [1.165, 1.54) is 11.3 Å². The molecule has 0 radical (unpaired) electrons. The Labute approximate surface area is 75.1 Å². The van der Waals surface area contributed by atoms with E-state index in [1.54, 1.807) is 11.4 Å². The molecular formula is C8H11NO2S. The van der Waals surface area contributed by atoms with Gasteiger partial charge in [-0.1, -0.05) is 0 Å². The van der Waals surface area contributed by atoms with E-state index in [1.807, 2.05) is 13.8 Å². The number of anilines is 1. The zero-order chi connectivity index (χ0) is 9.14. The number of carbonyl (C=O) groups is 1. The van der Waals surface area contributed by atoms with Crippen LogP contribution in [-0.4, -0.2) is 12.1 Å². The highest BCUT2D eigenvalue weighted by Gasteiger charge is 2.13. The van der Waals surface area contributed by atoms with Gasteiger partial charge < -0.3 is 10.5 Å². The minimum absolute atomic E-state index is 0.0981. The van der Waals surface area contributed by atoms with Crippen LogP contribution in [0.1, 0.15) is 23.5 Å². The van der Waals surface area contributed by atoms with Gasteiger partial charge in [-0.2, -0.15) is 0 Å². The van der Waals surface area contributed by atoms with Crippen molar-refractivity contribution in [2.45, 2.75) is 20.0 Å². The molecule has 0 amide bonds. The highest BCUT2D eigenvalue weighted by Crippen LogP contribution is 2.20. The number of rotatable bonds is 2. The van der Waals surface area contributed by atoms with Crippen LogP contribution in [0.15, 0.2) is 11.4 Å². The molecule has 0 atom stereocenters. The largest absolute Gasteiger partial charge is 0.459 e. The number of hydrogen-bond donors (Lipinski definition) is 1. The van der Waals surface area contributed by atoms with Crippen LogP contribution < -0.4 is 5.73 Å². The van der Waals surface area contributed by atoms with Crippen molar-refractivity contribution >= 4 is 23.0 Å². The van der Waals surface area contributed by atoms with Gasteiger partial charge in [-0.3, -0.25) is 0 Å². The average Bonchev–Trinajstić information content (AvgIpc) is 2.33. The second kappa shape index (κ2) is 3.58. The van der Waals surface area contributed by atoms with E-state index < -0.39 is 0 Å². The second-order valence-electron chi connectivity index (χ2n) is 2.66. The molecule has 1 aromatic heterocycles. The van der Waals surface area contributed by atoms with Crippen LogP contribution in [-0.2, 0) is 4.74 Å². The molecular weight excluding hydrogens is 174 g/mol. The van der Waals surface area contributed by atoms with E-state index in [4.69, 9.17) is 10.5 Å². The van der Waals surface area contributed by atoms with Gasteiger partial charge in [0.2, 0.25) is 0 Å². The SMILES string of the molecule is CC(C)OC(=O)c1sccc1N. The van der Waals surface area contributed by atoms with Gasteiger partial charge in [0, 0.05) is 0 Å². The third kappa shape index (κ3) is 1.98. The van der Waals surface area contributed by atoms with Crippen LogP contribution >= 0.6 is 11.3 Å². The van der Waals surface area contributed by atoms with E-state index >= 15 is 0 Å². The van der Waals surface area contributed by atoms with Crippen molar-refractivity contribution in [1.29, 1.82) is 0 Å². The van der Waals surface area contributed by atoms with E-state index in [0.717, 1.165) is 0 Å². The van der Waals surface area contributed by atoms with E-state index in [0.29, 0.717) is 10.6 Å². The Balaban J connectivity index is 2.72. The molecule has 66 valence electrons. The third-order valence-corrected chi connectivity index (χ3v) is 2.13. The van der Waals surface area contributed by atoms with Gasteiger partial charge >= 0.3 is 5.97 Å². The zero-order valence-electron chi connectivity index (χ0n) is 7.03. The maximum absolute atomic E-state index is 11.2. The lowest BCUT2D eigenvalue weighted by atomic mass is 10.4. The lowest BCUT2D eigenvalue weighted by Gasteiger charge is -2.06. The standard InChI is InChI=1S/C8H11NO2S/c1-5(2)11-8(10)7-6(9)3-4-12-7/h3-5H,9H2,1-2H3. The maximum atomic E-state index is 11.2. The molecule has 2 N–H and O–H groups in total. The molecule has 1 heterocycles. The first kappa shape index (κ1) is 9.06. The molecule has 0 aliphatic rings. The molecule has 0 aromatic carbocycles. The van der Waals surface area contributed by atoms with Crippen molar-refractivity contribution in [1.82, 2.24) is 0 Å². The van der Waals surface area contributed by atoms with Gasteiger partial charge in [-0.25, -0.2) is 4.79 Å². The van der Waals surface area contributed by atoms with Crippen molar-refractivity contribution < 1.29 is 9.53 Å². The fraction of sp³-hybridized carbons (Fsp3) is 0.375. The minimum Gasteiger partial charge on any atom is -0.459 e. The Morgan fingerprint density at radius 1 is 1.67 bits per heavy atom. The first-order valence-electron chi connectivity index (χ1n) is 3.65. The summed E-state index contributed by atoms with van der Waals surface area (Å²) in [6, 6.07) is 1.70. The molecule has 0 saturated heterocycles. The van der Waals surface area contributed by atoms with Crippen LogP contribution in [0.5, 0.6) is 0 Å². The first-order valence-corrected chi connectivity index (χ1v) is 4.53. The van der Waals surface area contributed by atoms with Crippen LogP contribution in [0.2, 0.25) is 0 Å². The van der Waals surface area contributed by atoms with Gasteiger partial charge in [0.15, 0.2) is 0 Å². The average molecular weight is 185 g/mol. The summed E-state index contributed by atoms with van der Waals surface area (Å²) in [5.41, 5.74) is 6.02. The lowest BCUT2D eigenvalue weighted by molar-refractivity contribution is 0.0385. The topological polar surface area (TPSA) is 52.3 Å². The number of nitrogen functional groups attached to an aromatic ring is 1. The highest BCUT2D eigenvalue weighted by atomic mass is 32.1. The Kier molecular flexibility index (Phi) is 2.70. The van der Waals surface area contributed by atoms with Crippen LogP contribution in [0.4, 0.5) is 5.69 Å². The van der Waals surface area contributed by atoms with E-state index in [9.17, 15) is 4.79 Å². The molecule has 0 spiro atoms. The molecule has 0 unspecified atom stereocenters. The number of nitrogens with two attached hydrogens (primary N) is 1. The number of hydrogen-bond acceptors (Lipinski definition) is 4. The Hall–Kier alpha value is -1.03. The summed E-state index contributed by atoms with van der Waals surface area (Å²) in [7, 11) is 0. The van der Waals surface area contributed by atoms with Crippen molar-refractivity contribution in [2.75, 3.05) is 5.73 Å². The van der Waals surface area contributed by atoms with Crippen LogP contribution in [0.25, 0.3) is 0 Å². The Morgan fingerprint density at radius 3 is 2.75 bits per heavy atom. The van der Waals surface area contributed by atoms with Crippen molar-refractivity contribution in [3.8, 4) is 0 Å². The number of thiophene rings is 1. The number of carbonyl (C=O) groups excluding carboxylic acids is 1. The summed E-state index contributed by atoms with van der Waals surface area (Å²) < 4.78 is 4.97. The van der Waals surface area contributed by atoms with Crippen molar-refractivity contribution in [3.63, 3.8) is 0 Å². The number of ether oxygens (including phenoxy) is 1. The normalized spacial score (nSPS) is 10.2. The first-order chi connectivity index (χ1) is 5.61.